The van der Waals surface area contributed by atoms with Crippen LogP contribution in [0.15, 0.2) is 35.3 Å². The van der Waals surface area contributed by atoms with Gasteiger partial charge in [-0.3, -0.25) is 9.89 Å². The van der Waals surface area contributed by atoms with Crippen LogP contribution in [0.2, 0.25) is 0 Å². The number of piperidine rings is 1. The number of nitrogens with one attached hydrogen (secondary N) is 2. The van der Waals surface area contributed by atoms with Crippen LogP contribution in [0.3, 0.4) is 0 Å². The highest BCUT2D eigenvalue weighted by Crippen LogP contribution is 2.24. The Hall–Kier alpha value is -0.860. The summed E-state index contributed by atoms with van der Waals surface area (Å²) in [5.74, 6) is 1.69. The minimum atomic E-state index is 0. The van der Waals surface area contributed by atoms with Gasteiger partial charge in [0.05, 0.1) is 6.04 Å². The molecular weight excluding hydrogens is 449 g/mol. The summed E-state index contributed by atoms with van der Waals surface area (Å²) in [7, 11) is 4.09. The Bertz CT molecular complexity index is 551. The second-order valence-electron chi connectivity index (χ2n) is 7.75. The van der Waals surface area contributed by atoms with E-state index in [1.54, 1.807) is 0 Å². The van der Waals surface area contributed by atoms with E-state index < -0.39 is 0 Å². The van der Waals surface area contributed by atoms with E-state index in [2.05, 4.69) is 62.8 Å². The lowest BCUT2D eigenvalue weighted by Gasteiger charge is -2.30. The van der Waals surface area contributed by atoms with E-state index in [1.165, 1.54) is 57.4 Å². The molecule has 3 rings (SSSR count). The lowest BCUT2D eigenvalue weighted by atomic mass is 9.97. The monoisotopic (exact) mass is 485 g/mol. The third kappa shape index (κ3) is 6.91. The Morgan fingerprint density at radius 3 is 2.37 bits per heavy atom. The molecule has 0 bridgehead atoms. The molecule has 0 amide bonds. The SMILES string of the molecule is CN=C(NCC1CCN(C)CC1)NCC(c1ccccc1)N1CCCC1.I. The number of hydrogen-bond donors (Lipinski definition) is 2. The maximum atomic E-state index is 4.45. The van der Waals surface area contributed by atoms with Gasteiger partial charge < -0.3 is 15.5 Å². The molecule has 1 unspecified atom stereocenters. The van der Waals surface area contributed by atoms with Crippen molar-refractivity contribution in [2.24, 2.45) is 10.9 Å². The average Bonchev–Trinajstić information content (AvgIpc) is 3.21. The molecule has 152 valence electrons. The van der Waals surface area contributed by atoms with Crippen molar-refractivity contribution in [1.29, 1.82) is 0 Å². The van der Waals surface area contributed by atoms with Crippen molar-refractivity contribution in [2.45, 2.75) is 31.7 Å². The first-order valence-corrected chi connectivity index (χ1v) is 10.2. The van der Waals surface area contributed by atoms with Gasteiger partial charge in [-0.05, 0) is 70.4 Å². The van der Waals surface area contributed by atoms with Crippen LogP contribution in [0.5, 0.6) is 0 Å². The van der Waals surface area contributed by atoms with Crippen LogP contribution >= 0.6 is 24.0 Å². The van der Waals surface area contributed by atoms with Crippen molar-refractivity contribution in [3.8, 4) is 0 Å². The summed E-state index contributed by atoms with van der Waals surface area (Å²) in [6.45, 7) is 6.74. The molecule has 6 heteroatoms. The van der Waals surface area contributed by atoms with Gasteiger partial charge in [0.2, 0.25) is 0 Å². The van der Waals surface area contributed by atoms with Crippen LogP contribution in [-0.4, -0.2) is 69.1 Å². The quantitative estimate of drug-likeness (QED) is 0.370. The molecule has 1 aromatic rings. The predicted molar refractivity (Wildman–Crippen MR) is 125 cm³/mol. The number of nitrogens with zero attached hydrogens (tertiary/aromatic N) is 3. The summed E-state index contributed by atoms with van der Waals surface area (Å²) >= 11 is 0. The summed E-state index contributed by atoms with van der Waals surface area (Å²) in [5, 5.41) is 7.13. The molecule has 2 aliphatic rings. The minimum absolute atomic E-state index is 0. The second kappa shape index (κ2) is 11.9. The van der Waals surface area contributed by atoms with Gasteiger partial charge in [0, 0.05) is 20.1 Å². The molecule has 27 heavy (non-hydrogen) atoms. The van der Waals surface area contributed by atoms with Crippen LogP contribution in [0.1, 0.15) is 37.3 Å². The normalized spacial score (nSPS) is 20.9. The number of halogens is 1. The zero-order chi connectivity index (χ0) is 18.2. The number of rotatable bonds is 6. The van der Waals surface area contributed by atoms with Crippen LogP contribution < -0.4 is 10.6 Å². The number of likely N-dealkylation sites (tertiary alicyclic amines) is 2. The molecule has 5 nitrogen and oxygen atoms in total. The first-order valence-electron chi connectivity index (χ1n) is 10.2. The van der Waals surface area contributed by atoms with E-state index in [9.17, 15) is 0 Å². The maximum Gasteiger partial charge on any atom is 0.191 e. The highest BCUT2D eigenvalue weighted by molar-refractivity contribution is 14.0. The molecule has 2 fully saturated rings. The molecule has 2 saturated heterocycles. The smallest absolute Gasteiger partial charge is 0.191 e. The fraction of sp³-hybridized carbons (Fsp3) is 0.667. The van der Waals surface area contributed by atoms with Crippen molar-refractivity contribution in [2.75, 3.05) is 53.4 Å². The van der Waals surface area contributed by atoms with E-state index >= 15 is 0 Å². The Labute approximate surface area is 182 Å². The fourth-order valence-corrected chi connectivity index (χ4v) is 4.11. The second-order valence-corrected chi connectivity index (χ2v) is 7.75. The first-order chi connectivity index (χ1) is 12.8. The highest BCUT2D eigenvalue weighted by Gasteiger charge is 2.23. The summed E-state index contributed by atoms with van der Waals surface area (Å²) < 4.78 is 0. The summed E-state index contributed by atoms with van der Waals surface area (Å²) in [6.07, 6.45) is 5.18. The summed E-state index contributed by atoms with van der Waals surface area (Å²) in [6, 6.07) is 11.3. The van der Waals surface area contributed by atoms with Crippen molar-refractivity contribution in [3.05, 3.63) is 35.9 Å². The zero-order valence-electron chi connectivity index (χ0n) is 16.9. The maximum absolute atomic E-state index is 4.45. The van der Waals surface area contributed by atoms with Crippen LogP contribution in [0, 0.1) is 5.92 Å². The van der Waals surface area contributed by atoms with Gasteiger partial charge in [-0.25, -0.2) is 0 Å². The topological polar surface area (TPSA) is 42.9 Å². The van der Waals surface area contributed by atoms with Gasteiger partial charge >= 0.3 is 0 Å². The third-order valence-corrected chi connectivity index (χ3v) is 5.85. The Balaban J connectivity index is 0.00000261. The van der Waals surface area contributed by atoms with E-state index in [-0.39, 0.29) is 24.0 Å². The van der Waals surface area contributed by atoms with Gasteiger partial charge in [-0.2, -0.15) is 0 Å². The zero-order valence-corrected chi connectivity index (χ0v) is 19.2. The Morgan fingerprint density at radius 1 is 1.07 bits per heavy atom. The highest BCUT2D eigenvalue weighted by atomic mass is 127. The van der Waals surface area contributed by atoms with Gasteiger partial charge in [-0.1, -0.05) is 30.3 Å². The molecule has 1 aromatic carbocycles. The minimum Gasteiger partial charge on any atom is -0.356 e. The molecule has 2 N–H and O–H groups in total. The molecule has 0 aromatic heterocycles. The molecule has 0 saturated carbocycles. The summed E-state index contributed by atoms with van der Waals surface area (Å²) in [4.78, 5) is 9.47. The van der Waals surface area contributed by atoms with E-state index in [1.807, 2.05) is 7.05 Å². The standard InChI is InChI=1S/C21H35N5.HI/c1-22-21(23-16-18-10-14-25(2)15-11-18)24-17-20(26-12-6-7-13-26)19-8-4-3-5-9-19;/h3-5,8-9,18,20H,6-7,10-17H2,1-2H3,(H2,22,23,24);1H. The van der Waals surface area contributed by atoms with Crippen molar-refractivity contribution in [1.82, 2.24) is 20.4 Å². The van der Waals surface area contributed by atoms with Crippen LogP contribution in [-0.2, 0) is 0 Å². The molecule has 0 spiro atoms. The van der Waals surface area contributed by atoms with Crippen molar-refractivity contribution < 1.29 is 0 Å². The fourth-order valence-electron chi connectivity index (χ4n) is 4.11. The van der Waals surface area contributed by atoms with Crippen LogP contribution in [0.25, 0.3) is 0 Å². The van der Waals surface area contributed by atoms with Gasteiger partial charge in [0.15, 0.2) is 5.96 Å². The lowest BCUT2D eigenvalue weighted by Crippen LogP contribution is -2.45. The summed E-state index contributed by atoms with van der Waals surface area (Å²) in [5.41, 5.74) is 1.40. The molecule has 0 aliphatic carbocycles. The number of hydrogen-bond acceptors (Lipinski definition) is 3. The Kier molecular flexibility index (Phi) is 9.86. The largest absolute Gasteiger partial charge is 0.356 e. The molecule has 2 aliphatic heterocycles. The van der Waals surface area contributed by atoms with E-state index in [0.717, 1.165) is 25.0 Å². The predicted octanol–water partition coefficient (Wildman–Crippen LogP) is 2.95. The third-order valence-electron chi connectivity index (χ3n) is 5.85. The first kappa shape index (κ1) is 22.4. The number of aliphatic imine (C=N–C) groups is 1. The van der Waals surface area contributed by atoms with Gasteiger partial charge in [-0.15, -0.1) is 24.0 Å². The molecule has 1 atom stereocenters. The van der Waals surface area contributed by atoms with E-state index in [4.69, 9.17) is 0 Å². The molecule has 2 heterocycles. The van der Waals surface area contributed by atoms with Gasteiger partial charge in [0.1, 0.15) is 0 Å². The number of guanidine groups is 1. The van der Waals surface area contributed by atoms with Crippen LogP contribution in [0.4, 0.5) is 0 Å². The number of benzene rings is 1. The molecular formula is C21H36IN5. The molecule has 0 radical (unpaired) electrons. The average molecular weight is 485 g/mol. The van der Waals surface area contributed by atoms with Crippen molar-refractivity contribution in [3.63, 3.8) is 0 Å². The Morgan fingerprint density at radius 2 is 1.74 bits per heavy atom. The lowest BCUT2D eigenvalue weighted by molar-refractivity contribution is 0.219. The van der Waals surface area contributed by atoms with E-state index in [0.29, 0.717) is 6.04 Å². The van der Waals surface area contributed by atoms with Gasteiger partial charge in [0.25, 0.3) is 0 Å². The van der Waals surface area contributed by atoms with Crippen molar-refractivity contribution >= 4 is 29.9 Å².